The van der Waals surface area contributed by atoms with Crippen molar-refractivity contribution in [3.05, 3.63) is 58.4 Å². The molecule has 3 rings (SSSR count). The molecule has 4 nitrogen and oxygen atoms in total. The number of hydrogen-bond acceptors (Lipinski definition) is 3. The van der Waals surface area contributed by atoms with Crippen LogP contribution in [0.1, 0.15) is 32.7 Å². The summed E-state index contributed by atoms with van der Waals surface area (Å²) in [5.74, 6) is -0.0912. The lowest BCUT2D eigenvalue weighted by molar-refractivity contribution is 0.0695. The molecule has 1 aromatic carbocycles. The molecule has 2 aromatic rings. The number of pyridine rings is 1. The minimum Gasteiger partial charge on any atom is -0.497 e. The lowest BCUT2D eigenvalue weighted by Crippen LogP contribution is -2.03. The highest BCUT2D eigenvalue weighted by atomic mass is 16.5. The summed E-state index contributed by atoms with van der Waals surface area (Å²) in [5.41, 5.74) is 5.16. The topological polar surface area (TPSA) is 59.4 Å². The Kier molecular flexibility index (Phi) is 3.22. The molecule has 0 bridgehead atoms. The molecule has 21 heavy (non-hydrogen) atoms. The minimum atomic E-state index is -0.908. The Labute approximate surface area is 122 Å². The molecule has 1 aromatic heterocycles. The number of carboxylic acids is 1. The molecule has 0 spiro atoms. The van der Waals surface area contributed by atoms with Crippen LogP contribution in [0.5, 0.6) is 5.75 Å². The van der Waals surface area contributed by atoms with Crippen molar-refractivity contribution in [2.45, 2.75) is 13.3 Å². The van der Waals surface area contributed by atoms with E-state index in [9.17, 15) is 9.90 Å². The van der Waals surface area contributed by atoms with Crippen LogP contribution in [0.2, 0.25) is 0 Å². The second kappa shape index (κ2) is 5.05. The molecule has 0 radical (unpaired) electrons. The van der Waals surface area contributed by atoms with Crippen LogP contribution >= 0.6 is 0 Å². The number of rotatable bonds is 3. The van der Waals surface area contributed by atoms with Gasteiger partial charge >= 0.3 is 5.97 Å². The van der Waals surface area contributed by atoms with Gasteiger partial charge in [0.25, 0.3) is 0 Å². The number of nitrogens with zero attached hydrogens (tertiary/aromatic N) is 1. The Balaban J connectivity index is 2.01. The number of fused-ring (bicyclic) bond motifs is 1. The summed E-state index contributed by atoms with van der Waals surface area (Å²) in [6, 6.07) is 7.45. The molecule has 0 unspecified atom stereocenters. The van der Waals surface area contributed by atoms with Crippen molar-refractivity contribution in [2.75, 3.05) is 7.11 Å². The summed E-state index contributed by atoms with van der Waals surface area (Å²) in [5, 5.41) is 9.26. The van der Waals surface area contributed by atoms with E-state index in [2.05, 4.69) is 4.98 Å². The molecule has 106 valence electrons. The van der Waals surface area contributed by atoms with Crippen LogP contribution in [0.3, 0.4) is 0 Å². The van der Waals surface area contributed by atoms with Gasteiger partial charge < -0.3 is 9.84 Å². The van der Waals surface area contributed by atoms with E-state index in [1.807, 2.05) is 31.2 Å². The Morgan fingerprint density at radius 3 is 2.81 bits per heavy atom. The van der Waals surface area contributed by atoms with Crippen molar-refractivity contribution in [3.63, 3.8) is 0 Å². The quantitative estimate of drug-likeness (QED) is 0.938. The van der Waals surface area contributed by atoms with Crippen molar-refractivity contribution < 1.29 is 14.6 Å². The van der Waals surface area contributed by atoms with Gasteiger partial charge in [0.2, 0.25) is 0 Å². The van der Waals surface area contributed by atoms with E-state index in [1.54, 1.807) is 19.4 Å². The number of allylic oxidation sites excluding steroid dienone is 1. The van der Waals surface area contributed by atoms with Gasteiger partial charge in [0.1, 0.15) is 5.75 Å². The zero-order valence-electron chi connectivity index (χ0n) is 11.9. The Morgan fingerprint density at radius 2 is 2.14 bits per heavy atom. The molecule has 4 heteroatoms. The molecule has 0 aliphatic heterocycles. The second-order valence-corrected chi connectivity index (χ2v) is 5.05. The minimum absolute atomic E-state index is 0.331. The number of benzene rings is 1. The Hall–Kier alpha value is -2.62. The van der Waals surface area contributed by atoms with Crippen LogP contribution < -0.4 is 4.74 Å². The SMILES string of the molecule is COc1ccc(C2=Cc3nccc(C(=O)O)c3C2)c(C)c1. The first kappa shape index (κ1) is 13.4. The molecule has 0 amide bonds. The summed E-state index contributed by atoms with van der Waals surface area (Å²) in [6.07, 6.45) is 4.11. The van der Waals surface area contributed by atoms with E-state index in [4.69, 9.17) is 4.74 Å². The van der Waals surface area contributed by atoms with Gasteiger partial charge in [-0.05, 0) is 53.5 Å². The first-order valence-corrected chi connectivity index (χ1v) is 6.67. The fourth-order valence-corrected chi connectivity index (χ4v) is 2.72. The highest BCUT2D eigenvalue weighted by molar-refractivity contribution is 5.96. The maximum atomic E-state index is 11.3. The van der Waals surface area contributed by atoms with Gasteiger partial charge in [0, 0.05) is 12.6 Å². The van der Waals surface area contributed by atoms with Crippen LogP contribution in [0.25, 0.3) is 11.6 Å². The van der Waals surface area contributed by atoms with Crippen molar-refractivity contribution in [2.24, 2.45) is 0 Å². The number of methoxy groups -OCH3 is 1. The van der Waals surface area contributed by atoms with Crippen LogP contribution in [-0.4, -0.2) is 23.2 Å². The van der Waals surface area contributed by atoms with Gasteiger partial charge in [0.15, 0.2) is 0 Å². The second-order valence-electron chi connectivity index (χ2n) is 5.05. The largest absolute Gasteiger partial charge is 0.497 e. The summed E-state index contributed by atoms with van der Waals surface area (Å²) >= 11 is 0. The van der Waals surface area contributed by atoms with Gasteiger partial charge in [-0.2, -0.15) is 0 Å². The summed E-state index contributed by atoms with van der Waals surface area (Å²) < 4.78 is 5.22. The summed E-state index contributed by atoms with van der Waals surface area (Å²) in [4.78, 5) is 15.6. The summed E-state index contributed by atoms with van der Waals surface area (Å²) in [6.45, 7) is 2.02. The molecule has 1 N–H and O–H groups in total. The highest BCUT2D eigenvalue weighted by Crippen LogP contribution is 2.34. The molecular weight excluding hydrogens is 266 g/mol. The first-order chi connectivity index (χ1) is 10.1. The van der Waals surface area contributed by atoms with Crippen molar-refractivity contribution in [3.8, 4) is 5.75 Å². The fraction of sp³-hybridized carbons (Fsp3) is 0.176. The average Bonchev–Trinajstić information content (AvgIpc) is 2.90. The molecule has 0 fully saturated rings. The third-order valence-corrected chi connectivity index (χ3v) is 3.78. The predicted octanol–water partition coefficient (Wildman–Crippen LogP) is 3.19. The van der Waals surface area contributed by atoms with E-state index in [0.717, 1.165) is 33.7 Å². The number of hydrogen-bond donors (Lipinski definition) is 1. The Morgan fingerprint density at radius 1 is 1.33 bits per heavy atom. The molecule has 1 heterocycles. The normalized spacial score (nSPS) is 12.8. The lowest BCUT2D eigenvalue weighted by Gasteiger charge is -2.09. The maximum Gasteiger partial charge on any atom is 0.336 e. The first-order valence-electron chi connectivity index (χ1n) is 6.67. The zero-order chi connectivity index (χ0) is 15.0. The van der Waals surface area contributed by atoms with Gasteiger partial charge in [-0.3, -0.25) is 4.98 Å². The third-order valence-electron chi connectivity index (χ3n) is 3.78. The monoisotopic (exact) mass is 281 g/mol. The molecular formula is C17H15NO3. The number of ether oxygens (including phenoxy) is 1. The van der Waals surface area contributed by atoms with Gasteiger partial charge in [-0.25, -0.2) is 4.79 Å². The highest BCUT2D eigenvalue weighted by Gasteiger charge is 2.22. The number of aryl methyl sites for hydroxylation is 1. The number of aromatic nitrogens is 1. The van der Waals surface area contributed by atoms with E-state index in [1.165, 1.54) is 0 Å². The van der Waals surface area contributed by atoms with Gasteiger partial charge in [-0.15, -0.1) is 0 Å². The molecule has 0 saturated heterocycles. The van der Waals surface area contributed by atoms with E-state index in [0.29, 0.717) is 12.0 Å². The van der Waals surface area contributed by atoms with E-state index >= 15 is 0 Å². The van der Waals surface area contributed by atoms with Gasteiger partial charge in [0.05, 0.1) is 18.4 Å². The molecule has 1 aliphatic carbocycles. The van der Waals surface area contributed by atoms with Crippen LogP contribution in [0, 0.1) is 6.92 Å². The van der Waals surface area contributed by atoms with Crippen LogP contribution in [-0.2, 0) is 6.42 Å². The maximum absolute atomic E-state index is 11.3. The van der Waals surface area contributed by atoms with Crippen LogP contribution in [0.15, 0.2) is 30.5 Å². The Bertz CT molecular complexity index is 763. The smallest absolute Gasteiger partial charge is 0.336 e. The van der Waals surface area contributed by atoms with Crippen molar-refractivity contribution in [1.29, 1.82) is 0 Å². The van der Waals surface area contributed by atoms with E-state index in [-0.39, 0.29) is 0 Å². The lowest BCUT2D eigenvalue weighted by atomic mass is 9.97. The van der Waals surface area contributed by atoms with Crippen molar-refractivity contribution >= 4 is 17.6 Å². The predicted molar refractivity (Wildman–Crippen MR) is 80.5 cm³/mol. The average molecular weight is 281 g/mol. The molecule has 0 atom stereocenters. The number of carbonyl (C=O) groups is 1. The molecule has 1 aliphatic rings. The van der Waals surface area contributed by atoms with Gasteiger partial charge in [-0.1, -0.05) is 6.07 Å². The summed E-state index contributed by atoms with van der Waals surface area (Å²) in [7, 11) is 1.64. The number of carboxylic acid groups (broad SMARTS) is 1. The fourth-order valence-electron chi connectivity index (χ4n) is 2.72. The van der Waals surface area contributed by atoms with Crippen molar-refractivity contribution in [1.82, 2.24) is 4.98 Å². The third kappa shape index (κ3) is 2.29. The number of aromatic carboxylic acids is 1. The standard InChI is InChI=1S/C17H15NO3/c1-10-7-12(21-2)3-4-13(10)11-8-15-14(17(19)20)5-6-18-16(15)9-11/h3-7,9H,8H2,1-2H3,(H,19,20). The zero-order valence-corrected chi connectivity index (χ0v) is 11.9. The van der Waals surface area contributed by atoms with Crippen LogP contribution in [0.4, 0.5) is 0 Å². The van der Waals surface area contributed by atoms with E-state index < -0.39 is 5.97 Å². The molecule has 0 saturated carbocycles.